The second-order valence-electron chi connectivity index (χ2n) is 6.16. The second kappa shape index (κ2) is 6.25. The molecule has 2 aliphatic rings. The highest BCUT2D eigenvalue weighted by Crippen LogP contribution is 2.32. The average molecular weight is 275 g/mol. The Bertz CT molecular complexity index is 452. The van der Waals surface area contributed by atoms with Gasteiger partial charge in [0.05, 0.1) is 18.8 Å². The van der Waals surface area contributed by atoms with Gasteiger partial charge in [0.1, 0.15) is 0 Å². The van der Waals surface area contributed by atoms with Crippen molar-refractivity contribution in [2.75, 3.05) is 19.7 Å². The quantitative estimate of drug-likeness (QED) is 0.887. The summed E-state index contributed by atoms with van der Waals surface area (Å²) in [5, 5.41) is 19.5. The van der Waals surface area contributed by atoms with Gasteiger partial charge >= 0.3 is 0 Å². The van der Waals surface area contributed by atoms with Gasteiger partial charge in [0.15, 0.2) is 0 Å². The van der Waals surface area contributed by atoms with Gasteiger partial charge in [-0.05, 0) is 55.2 Å². The third-order valence-corrected chi connectivity index (χ3v) is 4.90. The van der Waals surface area contributed by atoms with Crippen LogP contribution in [0.5, 0.6) is 0 Å². The van der Waals surface area contributed by atoms with Crippen LogP contribution in [0, 0.1) is 0 Å². The lowest BCUT2D eigenvalue weighted by molar-refractivity contribution is 0.0414. The van der Waals surface area contributed by atoms with E-state index in [2.05, 4.69) is 23.1 Å². The number of piperidine rings is 1. The summed E-state index contributed by atoms with van der Waals surface area (Å²) in [6.45, 7) is 1.94. The van der Waals surface area contributed by atoms with Crippen molar-refractivity contribution >= 4 is 0 Å². The number of aliphatic hydroxyl groups is 2. The van der Waals surface area contributed by atoms with Crippen LogP contribution < -0.4 is 0 Å². The van der Waals surface area contributed by atoms with E-state index >= 15 is 0 Å². The van der Waals surface area contributed by atoms with Gasteiger partial charge < -0.3 is 10.2 Å². The molecule has 0 radical (unpaired) electrons. The SMILES string of the molecule is OCC(c1cccc2c1CCCC2)N1CCC(O)CC1. The van der Waals surface area contributed by atoms with Crippen LogP contribution in [0.25, 0.3) is 0 Å². The lowest BCUT2D eigenvalue weighted by atomic mass is 9.85. The molecule has 1 fully saturated rings. The lowest BCUT2D eigenvalue weighted by Gasteiger charge is -2.37. The van der Waals surface area contributed by atoms with Gasteiger partial charge in [-0.1, -0.05) is 18.2 Å². The summed E-state index contributed by atoms with van der Waals surface area (Å²) in [5.74, 6) is 0. The van der Waals surface area contributed by atoms with E-state index in [9.17, 15) is 10.2 Å². The van der Waals surface area contributed by atoms with Crippen LogP contribution in [0.15, 0.2) is 18.2 Å². The largest absolute Gasteiger partial charge is 0.394 e. The van der Waals surface area contributed by atoms with Crippen molar-refractivity contribution in [1.29, 1.82) is 0 Å². The molecule has 3 rings (SSSR count). The Morgan fingerprint density at radius 2 is 1.90 bits per heavy atom. The number of rotatable bonds is 3. The lowest BCUT2D eigenvalue weighted by Crippen LogP contribution is -2.40. The summed E-state index contributed by atoms with van der Waals surface area (Å²) in [7, 11) is 0. The van der Waals surface area contributed by atoms with E-state index in [1.165, 1.54) is 36.0 Å². The number of hydrogen-bond acceptors (Lipinski definition) is 3. The Labute approximate surface area is 121 Å². The molecule has 3 heteroatoms. The highest BCUT2D eigenvalue weighted by atomic mass is 16.3. The summed E-state index contributed by atoms with van der Waals surface area (Å²) in [6, 6.07) is 6.68. The summed E-state index contributed by atoms with van der Waals surface area (Å²) < 4.78 is 0. The van der Waals surface area contributed by atoms with E-state index in [1.807, 2.05) is 0 Å². The predicted molar refractivity (Wildman–Crippen MR) is 79.7 cm³/mol. The number of benzene rings is 1. The van der Waals surface area contributed by atoms with Gasteiger partial charge in [-0.3, -0.25) is 4.90 Å². The van der Waals surface area contributed by atoms with Crippen LogP contribution in [-0.2, 0) is 12.8 Å². The van der Waals surface area contributed by atoms with Gasteiger partial charge in [-0.25, -0.2) is 0 Å². The number of hydrogen-bond donors (Lipinski definition) is 2. The van der Waals surface area contributed by atoms with Crippen molar-refractivity contribution in [3.63, 3.8) is 0 Å². The topological polar surface area (TPSA) is 43.7 Å². The van der Waals surface area contributed by atoms with Gasteiger partial charge in [0.25, 0.3) is 0 Å². The van der Waals surface area contributed by atoms with Gasteiger partial charge in [-0.2, -0.15) is 0 Å². The zero-order valence-electron chi connectivity index (χ0n) is 12.1. The van der Waals surface area contributed by atoms with Crippen molar-refractivity contribution in [3.05, 3.63) is 34.9 Å². The Morgan fingerprint density at radius 1 is 1.15 bits per heavy atom. The van der Waals surface area contributed by atoms with E-state index < -0.39 is 0 Å². The molecule has 20 heavy (non-hydrogen) atoms. The Morgan fingerprint density at radius 3 is 2.65 bits per heavy atom. The van der Waals surface area contributed by atoms with Crippen molar-refractivity contribution in [2.45, 2.75) is 50.7 Å². The predicted octanol–water partition coefficient (Wildman–Crippen LogP) is 2.06. The average Bonchev–Trinajstić information content (AvgIpc) is 2.50. The molecule has 1 atom stereocenters. The van der Waals surface area contributed by atoms with Crippen molar-refractivity contribution < 1.29 is 10.2 Å². The molecule has 1 heterocycles. The number of likely N-dealkylation sites (tertiary alicyclic amines) is 1. The first-order valence-corrected chi connectivity index (χ1v) is 7.93. The molecular weight excluding hydrogens is 250 g/mol. The van der Waals surface area contributed by atoms with Crippen LogP contribution in [0.2, 0.25) is 0 Å². The summed E-state index contributed by atoms with van der Waals surface area (Å²) in [5.41, 5.74) is 4.27. The minimum absolute atomic E-state index is 0.107. The van der Waals surface area contributed by atoms with E-state index in [0.717, 1.165) is 32.4 Å². The van der Waals surface area contributed by atoms with Gasteiger partial charge in [0.2, 0.25) is 0 Å². The maximum atomic E-state index is 9.90. The first-order valence-electron chi connectivity index (χ1n) is 7.93. The summed E-state index contributed by atoms with van der Waals surface area (Å²) in [4.78, 5) is 2.34. The fourth-order valence-corrected chi connectivity index (χ4v) is 3.73. The monoisotopic (exact) mass is 275 g/mol. The second-order valence-corrected chi connectivity index (χ2v) is 6.16. The molecule has 1 aliphatic heterocycles. The van der Waals surface area contributed by atoms with Crippen LogP contribution in [0.1, 0.15) is 48.4 Å². The van der Waals surface area contributed by atoms with Gasteiger partial charge in [-0.15, -0.1) is 0 Å². The molecule has 1 saturated heterocycles. The number of fused-ring (bicyclic) bond motifs is 1. The minimum atomic E-state index is -0.157. The number of aliphatic hydroxyl groups excluding tert-OH is 2. The van der Waals surface area contributed by atoms with Crippen LogP contribution >= 0.6 is 0 Å². The summed E-state index contributed by atoms with van der Waals surface area (Å²) in [6.07, 6.45) is 6.38. The smallest absolute Gasteiger partial charge is 0.0628 e. The first kappa shape index (κ1) is 14.1. The zero-order chi connectivity index (χ0) is 13.9. The highest BCUT2D eigenvalue weighted by Gasteiger charge is 2.27. The normalized spacial score (nSPS) is 22.5. The molecule has 0 aromatic heterocycles. The molecule has 0 amide bonds. The fraction of sp³-hybridized carbons (Fsp3) is 0.647. The van der Waals surface area contributed by atoms with E-state index in [1.54, 1.807) is 0 Å². The number of aryl methyl sites for hydroxylation is 1. The molecule has 0 saturated carbocycles. The van der Waals surface area contributed by atoms with Crippen molar-refractivity contribution in [2.24, 2.45) is 0 Å². The maximum Gasteiger partial charge on any atom is 0.0628 e. The van der Waals surface area contributed by atoms with Crippen molar-refractivity contribution in [3.8, 4) is 0 Å². The standard InChI is InChI=1S/C17H25NO2/c19-12-17(18-10-8-14(20)9-11-18)16-7-3-5-13-4-1-2-6-15(13)16/h3,5,7,14,17,19-20H,1-2,4,6,8-12H2. The highest BCUT2D eigenvalue weighted by molar-refractivity contribution is 5.39. The minimum Gasteiger partial charge on any atom is -0.394 e. The third-order valence-electron chi connectivity index (χ3n) is 4.90. The molecule has 2 N–H and O–H groups in total. The Balaban J connectivity index is 1.86. The van der Waals surface area contributed by atoms with E-state index in [-0.39, 0.29) is 18.8 Å². The number of nitrogens with zero attached hydrogens (tertiary/aromatic N) is 1. The Kier molecular flexibility index (Phi) is 4.39. The molecule has 1 unspecified atom stereocenters. The van der Waals surface area contributed by atoms with E-state index in [4.69, 9.17) is 0 Å². The molecule has 0 spiro atoms. The molecule has 0 bridgehead atoms. The summed E-state index contributed by atoms with van der Waals surface area (Å²) >= 11 is 0. The maximum absolute atomic E-state index is 9.90. The third kappa shape index (κ3) is 2.76. The molecule has 1 aromatic carbocycles. The fourth-order valence-electron chi connectivity index (χ4n) is 3.73. The molecular formula is C17H25NO2. The molecule has 3 nitrogen and oxygen atoms in total. The van der Waals surface area contributed by atoms with Crippen LogP contribution in [0.4, 0.5) is 0 Å². The first-order chi connectivity index (χ1) is 9.79. The zero-order valence-corrected chi connectivity index (χ0v) is 12.1. The molecule has 1 aliphatic carbocycles. The van der Waals surface area contributed by atoms with Crippen LogP contribution in [-0.4, -0.2) is 40.9 Å². The van der Waals surface area contributed by atoms with Crippen LogP contribution in [0.3, 0.4) is 0 Å². The van der Waals surface area contributed by atoms with Crippen molar-refractivity contribution in [1.82, 2.24) is 4.90 Å². The van der Waals surface area contributed by atoms with Gasteiger partial charge in [0, 0.05) is 13.1 Å². The Hall–Kier alpha value is -0.900. The molecule has 110 valence electrons. The van der Waals surface area contributed by atoms with E-state index in [0.29, 0.717) is 0 Å². The molecule has 1 aromatic rings.